The first-order valence-corrected chi connectivity index (χ1v) is 31.9. The van der Waals surface area contributed by atoms with Crippen LogP contribution in [-0.4, -0.2) is 15.8 Å². The van der Waals surface area contributed by atoms with Gasteiger partial charge < -0.3 is 9.47 Å². The van der Waals surface area contributed by atoms with Crippen molar-refractivity contribution in [3.63, 3.8) is 0 Å². The average Bonchev–Trinajstić information content (AvgIpc) is 1.44. The maximum atomic E-state index is 11.7. The summed E-state index contributed by atoms with van der Waals surface area (Å²) >= 11 is 2.85. The van der Waals surface area contributed by atoms with Crippen LogP contribution in [0.15, 0.2) is 145 Å². The molecule has 4 nitrogen and oxygen atoms in total. The van der Waals surface area contributed by atoms with Gasteiger partial charge in [-0.2, -0.15) is 0 Å². The normalized spacial score (nSPS) is 20.1. The molecule has 7 heteroatoms. The SMILES string of the molecule is [2H]c1c([2H])c(C(C)(C)C)c([2H])c([2H])c1N1c2cc(-n3c4ccccc4c4c5ccccc5sc43)c([2H])c3c2B(c2sc4c([2H])c5c(c([2H])c4c21)C(C)(C)CCC5(C)C)c1c2c(n(-c4c([2H])c([2H])c(C(C)(C)C)c([2H])c4[2H])c1N3c1c([2H])c([2H])c(C(C)(C)C)c([2H])c1[2H])C(C)(C)CCC2(C)C. The van der Waals surface area contributed by atoms with E-state index in [-0.39, 0.29) is 135 Å². The lowest BCUT2D eigenvalue weighted by Crippen LogP contribution is -2.62. The number of thiophene rings is 2. The molecule has 4 aromatic heterocycles. The zero-order chi connectivity index (χ0) is 72.7. The minimum Gasteiger partial charge on any atom is -0.310 e. The lowest BCUT2D eigenvalue weighted by Gasteiger charge is -2.44. The van der Waals surface area contributed by atoms with Crippen LogP contribution >= 0.6 is 22.7 Å². The largest absolute Gasteiger partial charge is 0.310 e. The summed E-state index contributed by atoms with van der Waals surface area (Å²) < 4.78 is 163. The van der Waals surface area contributed by atoms with E-state index in [1.807, 2.05) is 114 Å². The fourth-order valence-corrected chi connectivity index (χ4v) is 16.8. The minimum absolute atomic E-state index is 0.0584. The summed E-state index contributed by atoms with van der Waals surface area (Å²) in [5.41, 5.74) is -0.0557. The van der Waals surface area contributed by atoms with Gasteiger partial charge >= 0.3 is 0 Å². The van der Waals surface area contributed by atoms with Crippen molar-refractivity contribution in [3.05, 3.63) is 184 Å². The summed E-state index contributed by atoms with van der Waals surface area (Å²) in [4.78, 5) is 4.18. The third-order valence-electron chi connectivity index (χ3n) is 19.2. The molecular formula is C78H83BN4S2. The third-order valence-corrected chi connectivity index (χ3v) is 21.5. The Morgan fingerprint density at radius 1 is 0.471 bits per heavy atom. The highest BCUT2D eigenvalue weighted by molar-refractivity contribution is 7.34. The van der Waals surface area contributed by atoms with Crippen molar-refractivity contribution < 1.29 is 20.6 Å². The van der Waals surface area contributed by atoms with Crippen LogP contribution in [0.4, 0.5) is 34.3 Å². The molecule has 11 aromatic rings. The maximum Gasteiger partial charge on any atom is 0.267 e. The Hall–Kier alpha value is -6.80. The van der Waals surface area contributed by atoms with E-state index in [0.717, 1.165) is 43.2 Å². The van der Waals surface area contributed by atoms with Gasteiger partial charge in [0.1, 0.15) is 10.6 Å². The number of hydrogen-bond acceptors (Lipinski definition) is 4. The Bertz CT molecular complexity index is 5460. The number of nitrogens with zero attached hydrogens (tertiary/aromatic N) is 4. The summed E-state index contributed by atoms with van der Waals surface area (Å²) in [6.07, 6.45) is 2.61. The maximum absolute atomic E-state index is 11.7. The Labute approximate surface area is 534 Å². The van der Waals surface area contributed by atoms with Crippen LogP contribution in [0.2, 0.25) is 0 Å². The highest BCUT2D eigenvalue weighted by atomic mass is 32.1. The molecule has 0 saturated carbocycles. The second kappa shape index (κ2) is 17.9. The fourth-order valence-electron chi connectivity index (χ4n) is 14.3. The zero-order valence-electron chi connectivity index (χ0n) is 67.2. The van der Waals surface area contributed by atoms with E-state index < -0.39 is 56.7 Å². The summed E-state index contributed by atoms with van der Waals surface area (Å²) in [5, 5.41) is 3.15. The Morgan fingerprint density at radius 2 is 0.988 bits per heavy atom. The second-order valence-electron chi connectivity index (χ2n) is 30.3. The monoisotopic (exact) mass is 1170 g/mol. The topological polar surface area (TPSA) is 16.3 Å². The molecule has 0 spiro atoms. The van der Waals surface area contributed by atoms with Gasteiger partial charge in [0.2, 0.25) is 0 Å². The minimum atomic E-state index is -1.07. The predicted octanol–water partition coefficient (Wildman–Crippen LogP) is 20.7. The molecule has 0 bridgehead atoms. The van der Waals surface area contributed by atoms with Crippen LogP contribution in [-0.2, 0) is 37.9 Å². The Kier molecular flexibility index (Phi) is 8.55. The van der Waals surface area contributed by atoms with Crippen LogP contribution < -0.4 is 25.5 Å². The Morgan fingerprint density at radius 3 is 1.59 bits per heavy atom. The zero-order valence-corrected chi connectivity index (χ0v) is 53.8. The molecule has 0 radical (unpaired) electrons. The molecule has 0 fully saturated rings. The summed E-state index contributed by atoms with van der Waals surface area (Å²) in [6.45, 7) is 32.6. The molecule has 4 aliphatic rings. The van der Waals surface area contributed by atoms with Gasteiger partial charge in [-0.05, 0) is 175 Å². The van der Waals surface area contributed by atoms with Crippen molar-refractivity contribution in [2.24, 2.45) is 0 Å². The van der Waals surface area contributed by atoms with Crippen LogP contribution in [0.5, 0.6) is 0 Å². The van der Waals surface area contributed by atoms with E-state index in [1.165, 1.54) is 22.7 Å². The van der Waals surface area contributed by atoms with Crippen molar-refractivity contribution in [2.45, 2.75) is 181 Å². The van der Waals surface area contributed by atoms with Gasteiger partial charge in [0.25, 0.3) is 6.71 Å². The van der Waals surface area contributed by atoms with Gasteiger partial charge in [0, 0.05) is 75.3 Å². The molecule has 85 heavy (non-hydrogen) atoms. The van der Waals surface area contributed by atoms with E-state index in [9.17, 15) is 20.6 Å². The molecule has 0 atom stereocenters. The lowest BCUT2D eigenvalue weighted by molar-refractivity contribution is 0.324. The molecule has 2 aliphatic carbocycles. The molecule has 0 N–H and O–H groups in total. The fraction of sp³-hybridized carbons (Fsp3) is 0.359. The third kappa shape index (κ3) is 8.03. The number of hydrogen-bond donors (Lipinski definition) is 0. The van der Waals surface area contributed by atoms with E-state index in [1.54, 1.807) is 9.80 Å². The number of aromatic nitrogens is 2. The lowest BCUT2D eigenvalue weighted by atomic mass is 9.35. The number of fused-ring (bicyclic) bond motifs is 14. The van der Waals surface area contributed by atoms with Gasteiger partial charge in [0.05, 0.1) is 37.5 Å². The van der Waals surface area contributed by atoms with E-state index in [0.29, 0.717) is 67.5 Å². The van der Waals surface area contributed by atoms with E-state index in [4.69, 9.17) is 0 Å². The molecule has 0 amide bonds. The molecule has 0 saturated heterocycles. The molecule has 7 aromatic carbocycles. The van der Waals surface area contributed by atoms with Crippen LogP contribution in [0.3, 0.4) is 0 Å². The first kappa shape index (κ1) is 40.6. The number of anilines is 6. The Balaban J connectivity index is 1.28. The van der Waals surface area contributed by atoms with Crippen molar-refractivity contribution in [1.29, 1.82) is 0 Å². The van der Waals surface area contributed by atoms with Crippen molar-refractivity contribution >= 4 is 121 Å². The quantitative estimate of drug-likeness (QED) is 0.163. The number of para-hydroxylation sites is 1. The first-order valence-electron chi connectivity index (χ1n) is 37.8. The van der Waals surface area contributed by atoms with Gasteiger partial charge in [-0.1, -0.05) is 190 Å². The van der Waals surface area contributed by atoms with Crippen LogP contribution in [0.25, 0.3) is 52.7 Å². The van der Waals surface area contributed by atoms with Crippen molar-refractivity contribution in [2.75, 3.05) is 9.80 Å². The average molecular weight is 1170 g/mol. The molecule has 2 aliphatic heterocycles. The molecule has 15 rings (SSSR count). The van der Waals surface area contributed by atoms with E-state index in [2.05, 4.69) is 67.5 Å². The summed E-state index contributed by atoms with van der Waals surface area (Å²) in [5.74, 6) is 0.175. The smallest absolute Gasteiger partial charge is 0.267 e. The number of rotatable bonds is 4. The van der Waals surface area contributed by atoms with E-state index >= 15 is 0 Å². The summed E-state index contributed by atoms with van der Waals surface area (Å²) in [7, 11) is 0. The van der Waals surface area contributed by atoms with Crippen LogP contribution in [0.1, 0.15) is 203 Å². The first-order chi connectivity index (χ1) is 46.3. The van der Waals surface area contributed by atoms with Gasteiger partial charge in [-0.15, -0.1) is 22.7 Å². The van der Waals surface area contributed by atoms with Crippen molar-refractivity contribution in [3.8, 4) is 11.4 Å². The standard InChI is InChI=1S/C78H83BN4S2/c1-72(2,3)46-26-32-49(33-27-46)80-59-42-52(82-58-24-20-18-22-53(58)63-54-23-19-21-25-61(54)85-71(63)82)43-60-65(59)79(69-67(80)55-44-56-57(45-62(55)84-69)76(12,13)39-38-75(56,10)11)66-64-68(78(16,17)41-40-77(64,14)15)83(51-36-30-48(31-37-51)74(7,8)9)70(66)81(60)50-34-28-47(29-35-50)73(4,5)6/h18-37,42-45H,38-41H2,1-17H3/i26D,27D,28D,29D,30D,31D,32D,33D,34D,35D,36D,37D,43D,44D,45D. The molecule has 6 heterocycles. The van der Waals surface area contributed by atoms with Gasteiger partial charge in [-0.25, -0.2) is 0 Å². The molecule has 430 valence electrons. The second-order valence-corrected chi connectivity index (χ2v) is 32.4. The van der Waals surface area contributed by atoms with Gasteiger partial charge in [-0.3, -0.25) is 9.47 Å². The van der Waals surface area contributed by atoms with Gasteiger partial charge in [0.15, 0.2) is 0 Å². The highest BCUT2D eigenvalue weighted by Crippen LogP contribution is 2.57. The van der Waals surface area contributed by atoms with Crippen molar-refractivity contribution in [1.82, 2.24) is 9.13 Å². The predicted molar refractivity (Wildman–Crippen MR) is 372 cm³/mol. The van der Waals surface area contributed by atoms with Crippen LogP contribution in [0, 0.1) is 0 Å². The number of benzene rings is 7. The molecule has 0 unspecified atom stereocenters. The summed E-state index contributed by atoms with van der Waals surface area (Å²) in [6, 6.07) is 14.2. The highest BCUT2D eigenvalue weighted by Gasteiger charge is 2.54. The molecular weight excluding hydrogens is 1070 g/mol.